The number of fused-ring (bicyclic) bond motifs is 1. The summed E-state index contributed by atoms with van der Waals surface area (Å²) < 4.78 is 28.8. The predicted molar refractivity (Wildman–Crippen MR) is 112 cm³/mol. The van der Waals surface area contributed by atoms with Crippen molar-refractivity contribution in [2.45, 2.75) is 51.9 Å². The van der Waals surface area contributed by atoms with Crippen molar-refractivity contribution in [2.24, 2.45) is 13.0 Å². The Kier molecular flexibility index (Phi) is 7.60. The van der Waals surface area contributed by atoms with Crippen LogP contribution in [0.2, 0.25) is 0 Å². The fourth-order valence-electron chi connectivity index (χ4n) is 3.14. The molecule has 0 saturated carbocycles. The zero-order valence-electron chi connectivity index (χ0n) is 17.5. The van der Waals surface area contributed by atoms with Crippen LogP contribution in [-0.2, 0) is 28.3 Å². The van der Waals surface area contributed by atoms with Crippen LogP contribution in [0.4, 0.5) is 0 Å². The monoisotopic (exact) mass is 408 g/mol. The van der Waals surface area contributed by atoms with E-state index < -0.39 is 10.0 Å². The summed E-state index contributed by atoms with van der Waals surface area (Å²) in [5, 5.41) is 2.93. The van der Waals surface area contributed by atoms with Gasteiger partial charge < -0.3 is 9.88 Å². The molecule has 1 aromatic heterocycles. The molecule has 1 amide bonds. The van der Waals surface area contributed by atoms with E-state index in [9.17, 15) is 13.2 Å². The van der Waals surface area contributed by atoms with E-state index in [0.29, 0.717) is 43.9 Å². The van der Waals surface area contributed by atoms with Gasteiger partial charge in [-0.1, -0.05) is 27.7 Å². The summed E-state index contributed by atoms with van der Waals surface area (Å²) in [4.78, 5) is 16.8. The topological polar surface area (TPSA) is 84.3 Å². The summed E-state index contributed by atoms with van der Waals surface area (Å²) in [5.74, 6) is 1.34. The van der Waals surface area contributed by atoms with Crippen LogP contribution in [0.1, 0.15) is 46.4 Å². The highest BCUT2D eigenvalue weighted by Gasteiger charge is 2.22. The molecule has 0 aliphatic heterocycles. The van der Waals surface area contributed by atoms with E-state index in [1.54, 1.807) is 18.2 Å². The van der Waals surface area contributed by atoms with Gasteiger partial charge in [-0.05, 0) is 30.5 Å². The predicted octanol–water partition coefficient (Wildman–Crippen LogP) is 2.70. The molecule has 1 aromatic carbocycles. The molecule has 7 nitrogen and oxygen atoms in total. The molecule has 0 atom stereocenters. The zero-order chi connectivity index (χ0) is 20.9. The van der Waals surface area contributed by atoms with Crippen molar-refractivity contribution in [2.75, 3.05) is 19.6 Å². The van der Waals surface area contributed by atoms with E-state index >= 15 is 0 Å². The molecule has 0 radical (unpaired) electrons. The molecular weight excluding hydrogens is 376 g/mol. The minimum Gasteiger partial charge on any atom is -0.356 e. The number of nitrogens with zero attached hydrogens (tertiary/aromatic N) is 3. The lowest BCUT2D eigenvalue weighted by Gasteiger charge is -2.18. The first kappa shape index (κ1) is 22.4. The SMILES string of the molecule is CCN(CC)S(=O)(=O)c1ccc2c(c1)nc(CCC(=O)NCCC(C)C)n2C. The summed E-state index contributed by atoms with van der Waals surface area (Å²) in [5.41, 5.74) is 1.49. The first-order chi connectivity index (χ1) is 13.2. The second-order valence-electron chi connectivity index (χ2n) is 7.36. The van der Waals surface area contributed by atoms with E-state index in [1.807, 2.05) is 25.5 Å². The summed E-state index contributed by atoms with van der Waals surface area (Å²) >= 11 is 0. The molecule has 2 aromatic rings. The van der Waals surface area contributed by atoms with Crippen LogP contribution in [0, 0.1) is 5.92 Å². The van der Waals surface area contributed by atoms with Crippen LogP contribution in [0.25, 0.3) is 11.0 Å². The van der Waals surface area contributed by atoms with Gasteiger partial charge in [0, 0.05) is 39.5 Å². The van der Waals surface area contributed by atoms with Crippen LogP contribution in [-0.4, -0.2) is 47.8 Å². The number of benzene rings is 1. The maximum absolute atomic E-state index is 12.7. The molecule has 0 aliphatic rings. The molecule has 0 saturated heterocycles. The van der Waals surface area contributed by atoms with Crippen LogP contribution >= 0.6 is 0 Å². The van der Waals surface area contributed by atoms with Gasteiger partial charge in [-0.2, -0.15) is 4.31 Å². The Hall–Kier alpha value is -1.93. The second kappa shape index (κ2) is 9.52. The molecule has 0 bridgehead atoms. The van der Waals surface area contributed by atoms with Gasteiger partial charge >= 0.3 is 0 Å². The van der Waals surface area contributed by atoms with Crippen molar-refractivity contribution >= 4 is 27.0 Å². The van der Waals surface area contributed by atoms with E-state index in [4.69, 9.17) is 0 Å². The summed E-state index contributed by atoms with van der Waals surface area (Å²) in [7, 11) is -1.63. The summed E-state index contributed by atoms with van der Waals surface area (Å²) in [6.45, 7) is 9.44. The zero-order valence-corrected chi connectivity index (χ0v) is 18.3. The third-order valence-corrected chi connectivity index (χ3v) is 6.95. The van der Waals surface area contributed by atoms with Crippen LogP contribution < -0.4 is 5.32 Å². The lowest BCUT2D eigenvalue weighted by atomic mass is 10.1. The van der Waals surface area contributed by atoms with Crippen molar-refractivity contribution in [3.63, 3.8) is 0 Å². The molecule has 0 spiro atoms. The van der Waals surface area contributed by atoms with E-state index in [-0.39, 0.29) is 10.8 Å². The van der Waals surface area contributed by atoms with Crippen LogP contribution in [0.15, 0.2) is 23.1 Å². The first-order valence-corrected chi connectivity index (χ1v) is 11.4. The Morgan fingerprint density at radius 3 is 2.54 bits per heavy atom. The van der Waals surface area contributed by atoms with Gasteiger partial charge in [-0.15, -0.1) is 0 Å². The first-order valence-electron chi connectivity index (χ1n) is 9.92. The number of rotatable bonds is 10. The van der Waals surface area contributed by atoms with Gasteiger partial charge in [0.05, 0.1) is 15.9 Å². The Balaban J connectivity index is 2.15. The number of carbonyl (C=O) groups excluding carboxylic acids is 1. The number of aromatic nitrogens is 2. The largest absolute Gasteiger partial charge is 0.356 e. The quantitative estimate of drug-likeness (QED) is 0.655. The molecule has 156 valence electrons. The van der Waals surface area contributed by atoms with E-state index in [2.05, 4.69) is 24.1 Å². The highest BCUT2D eigenvalue weighted by molar-refractivity contribution is 7.89. The van der Waals surface area contributed by atoms with Crippen molar-refractivity contribution < 1.29 is 13.2 Å². The molecule has 2 rings (SSSR count). The van der Waals surface area contributed by atoms with Gasteiger partial charge in [0.25, 0.3) is 0 Å². The average molecular weight is 409 g/mol. The van der Waals surface area contributed by atoms with E-state index in [0.717, 1.165) is 17.8 Å². The number of carbonyl (C=O) groups is 1. The molecule has 0 fully saturated rings. The Morgan fingerprint density at radius 2 is 1.93 bits per heavy atom. The molecule has 0 aliphatic carbocycles. The molecule has 1 N–H and O–H groups in total. The summed E-state index contributed by atoms with van der Waals surface area (Å²) in [6, 6.07) is 5.03. The van der Waals surface area contributed by atoms with Gasteiger partial charge in [-0.25, -0.2) is 13.4 Å². The maximum Gasteiger partial charge on any atom is 0.243 e. The standard InChI is InChI=1S/C20H32N4O3S/c1-6-24(7-2)28(26,27)16-8-9-18-17(14-16)22-19(23(18)5)10-11-20(25)21-13-12-15(3)4/h8-9,14-15H,6-7,10-13H2,1-5H3,(H,21,25). The Labute approximate surface area is 168 Å². The second-order valence-corrected chi connectivity index (χ2v) is 9.30. The normalized spacial score (nSPS) is 12.2. The van der Waals surface area contributed by atoms with Gasteiger partial charge in [-0.3, -0.25) is 4.79 Å². The maximum atomic E-state index is 12.7. The number of sulfonamides is 1. The van der Waals surface area contributed by atoms with Crippen molar-refractivity contribution in [1.29, 1.82) is 0 Å². The minimum absolute atomic E-state index is 0.0116. The van der Waals surface area contributed by atoms with Crippen molar-refractivity contribution in [3.8, 4) is 0 Å². The highest BCUT2D eigenvalue weighted by atomic mass is 32.2. The summed E-state index contributed by atoms with van der Waals surface area (Å²) in [6.07, 6.45) is 1.83. The minimum atomic E-state index is -3.52. The third kappa shape index (κ3) is 5.11. The molecule has 1 heterocycles. The molecule has 28 heavy (non-hydrogen) atoms. The van der Waals surface area contributed by atoms with Crippen molar-refractivity contribution in [1.82, 2.24) is 19.2 Å². The fraction of sp³-hybridized carbons (Fsp3) is 0.600. The van der Waals surface area contributed by atoms with Gasteiger partial charge in [0.2, 0.25) is 15.9 Å². The lowest BCUT2D eigenvalue weighted by Crippen LogP contribution is -2.30. The van der Waals surface area contributed by atoms with E-state index in [1.165, 1.54) is 4.31 Å². The average Bonchev–Trinajstić information content (AvgIpc) is 2.96. The van der Waals surface area contributed by atoms with Crippen molar-refractivity contribution in [3.05, 3.63) is 24.0 Å². The van der Waals surface area contributed by atoms with Crippen LogP contribution in [0.5, 0.6) is 0 Å². The number of nitrogens with one attached hydrogen (secondary N) is 1. The molecule has 0 unspecified atom stereocenters. The van der Waals surface area contributed by atoms with Gasteiger partial charge in [0.15, 0.2) is 0 Å². The smallest absolute Gasteiger partial charge is 0.243 e. The number of hydrogen-bond donors (Lipinski definition) is 1. The number of aryl methyl sites for hydroxylation is 2. The fourth-order valence-corrected chi connectivity index (χ4v) is 4.62. The Bertz CT molecular complexity index is 915. The number of amides is 1. The number of imidazole rings is 1. The Morgan fingerprint density at radius 1 is 1.25 bits per heavy atom. The molecule has 8 heteroatoms. The molecular formula is C20H32N4O3S. The van der Waals surface area contributed by atoms with Gasteiger partial charge in [0.1, 0.15) is 5.82 Å². The highest BCUT2D eigenvalue weighted by Crippen LogP contribution is 2.22. The third-order valence-electron chi connectivity index (χ3n) is 4.91. The lowest BCUT2D eigenvalue weighted by molar-refractivity contribution is -0.121. The number of hydrogen-bond acceptors (Lipinski definition) is 4. The van der Waals surface area contributed by atoms with Crippen LogP contribution in [0.3, 0.4) is 0 Å².